The van der Waals surface area contributed by atoms with E-state index >= 15 is 0 Å². The van der Waals surface area contributed by atoms with E-state index in [2.05, 4.69) is 26.3 Å². The summed E-state index contributed by atoms with van der Waals surface area (Å²) in [5.41, 5.74) is -0.390. The standard InChI is InChI=1S/C17H25NO/c1-5-9-15-10-14-18(13-8-4)16(19)17(15,11-6-2)12-7-3/h5-8,15H,1-4,9-14H2. The van der Waals surface area contributed by atoms with Crippen LogP contribution in [0.1, 0.15) is 25.7 Å². The van der Waals surface area contributed by atoms with Gasteiger partial charge in [-0.05, 0) is 31.6 Å². The molecule has 1 fully saturated rings. The maximum Gasteiger partial charge on any atom is 0.229 e. The molecule has 1 unspecified atom stereocenters. The van der Waals surface area contributed by atoms with Crippen molar-refractivity contribution in [2.24, 2.45) is 11.3 Å². The second-order valence-electron chi connectivity index (χ2n) is 5.19. The predicted octanol–water partition coefficient (Wildman–Crippen LogP) is 3.74. The number of nitrogens with zero attached hydrogens (tertiary/aromatic N) is 1. The molecule has 1 aliphatic heterocycles. The normalized spacial score (nSPS) is 21.8. The highest BCUT2D eigenvalue weighted by Gasteiger charge is 2.47. The van der Waals surface area contributed by atoms with Crippen LogP contribution in [0.2, 0.25) is 0 Å². The van der Waals surface area contributed by atoms with Crippen LogP contribution in [0.3, 0.4) is 0 Å². The lowest BCUT2D eigenvalue weighted by molar-refractivity contribution is -0.150. The number of carbonyl (C=O) groups is 1. The lowest BCUT2D eigenvalue weighted by atomic mass is 9.65. The molecule has 1 rings (SSSR count). The Morgan fingerprint density at radius 2 is 1.74 bits per heavy atom. The SMILES string of the molecule is C=CCC1CCN(CC=C)C(=O)C1(CC=C)CC=C. The zero-order valence-electron chi connectivity index (χ0n) is 11.8. The predicted molar refractivity (Wildman–Crippen MR) is 81.8 cm³/mol. The van der Waals surface area contributed by atoms with Crippen molar-refractivity contribution >= 4 is 5.91 Å². The molecule has 2 nitrogen and oxygen atoms in total. The smallest absolute Gasteiger partial charge is 0.229 e. The minimum Gasteiger partial charge on any atom is -0.338 e. The van der Waals surface area contributed by atoms with Gasteiger partial charge in [-0.25, -0.2) is 0 Å². The van der Waals surface area contributed by atoms with Gasteiger partial charge in [0.05, 0.1) is 5.41 Å². The fraction of sp³-hybridized carbons (Fsp3) is 0.471. The van der Waals surface area contributed by atoms with Crippen LogP contribution in [0, 0.1) is 11.3 Å². The van der Waals surface area contributed by atoms with Crippen LogP contribution in [0.4, 0.5) is 0 Å². The monoisotopic (exact) mass is 259 g/mol. The summed E-state index contributed by atoms with van der Waals surface area (Å²) < 4.78 is 0. The summed E-state index contributed by atoms with van der Waals surface area (Å²) in [4.78, 5) is 14.8. The van der Waals surface area contributed by atoms with Crippen molar-refractivity contribution in [3.8, 4) is 0 Å². The summed E-state index contributed by atoms with van der Waals surface area (Å²) >= 11 is 0. The first kappa shape index (κ1) is 15.5. The van der Waals surface area contributed by atoms with Crippen molar-refractivity contribution in [1.29, 1.82) is 0 Å². The third kappa shape index (κ3) is 3.06. The summed E-state index contributed by atoms with van der Waals surface area (Å²) in [5, 5.41) is 0. The van der Waals surface area contributed by atoms with Gasteiger partial charge in [-0.3, -0.25) is 4.79 Å². The summed E-state index contributed by atoms with van der Waals surface area (Å²) in [5.74, 6) is 0.542. The van der Waals surface area contributed by atoms with E-state index in [4.69, 9.17) is 0 Å². The zero-order valence-corrected chi connectivity index (χ0v) is 11.8. The van der Waals surface area contributed by atoms with E-state index in [1.165, 1.54) is 0 Å². The van der Waals surface area contributed by atoms with Crippen molar-refractivity contribution in [2.75, 3.05) is 13.1 Å². The fourth-order valence-corrected chi connectivity index (χ4v) is 3.16. The largest absolute Gasteiger partial charge is 0.338 e. The van der Waals surface area contributed by atoms with Crippen molar-refractivity contribution in [3.05, 3.63) is 50.6 Å². The number of rotatable bonds is 8. The Labute approximate surface area is 117 Å². The van der Waals surface area contributed by atoms with Crippen LogP contribution >= 0.6 is 0 Å². The van der Waals surface area contributed by atoms with Gasteiger partial charge in [0, 0.05) is 13.1 Å². The molecule has 0 aromatic carbocycles. The van der Waals surface area contributed by atoms with Gasteiger partial charge in [0.15, 0.2) is 0 Å². The van der Waals surface area contributed by atoms with Crippen LogP contribution in [0.15, 0.2) is 50.6 Å². The van der Waals surface area contributed by atoms with Gasteiger partial charge in [0.2, 0.25) is 5.91 Å². The molecule has 0 N–H and O–H groups in total. The topological polar surface area (TPSA) is 20.3 Å². The van der Waals surface area contributed by atoms with Gasteiger partial charge in [0.1, 0.15) is 0 Å². The summed E-state index contributed by atoms with van der Waals surface area (Å²) in [6.45, 7) is 16.7. The van der Waals surface area contributed by atoms with E-state index < -0.39 is 0 Å². The van der Waals surface area contributed by atoms with Crippen LogP contribution in [0.25, 0.3) is 0 Å². The molecule has 0 aromatic rings. The van der Waals surface area contributed by atoms with Crippen LogP contribution in [-0.2, 0) is 4.79 Å². The molecule has 1 amide bonds. The third-order valence-corrected chi connectivity index (χ3v) is 4.06. The minimum absolute atomic E-state index is 0.213. The first-order valence-corrected chi connectivity index (χ1v) is 6.89. The van der Waals surface area contributed by atoms with E-state index in [1.54, 1.807) is 6.08 Å². The van der Waals surface area contributed by atoms with Crippen molar-refractivity contribution in [1.82, 2.24) is 4.90 Å². The minimum atomic E-state index is -0.390. The molecule has 0 saturated carbocycles. The van der Waals surface area contributed by atoms with Crippen LogP contribution < -0.4 is 0 Å². The molecule has 0 spiro atoms. The molecule has 0 aliphatic carbocycles. The Kier molecular flexibility index (Phi) is 5.81. The molecule has 1 saturated heterocycles. The molecule has 1 atom stereocenters. The first-order chi connectivity index (χ1) is 9.16. The van der Waals surface area contributed by atoms with Crippen molar-refractivity contribution in [3.63, 3.8) is 0 Å². The summed E-state index contributed by atoms with van der Waals surface area (Å²) in [6, 6.07) is 0. The van der Waals surface area contributed by atoms with E-state index in [9.17, 15) is 4.79 Å². The molecular formula is C17H25NO. The Balaban J connectivity index is 3.12. The lowest BCUT2D eigenvalue weighted by Gasteiger charge is -2.46. The number of carbonyl (C=O) groups excluding carboxylic acids is 1. The van der Waals surface area contributed by atoms with Crippen LogP contribution in [0.5, 0.6) is 0 Å². The molecule has 1 aliphatic rings. The molecule has 19 heavy (non-hydrogen) atoms. The summed E-state index contributed by atoms with van der Waals surface area (Å²) in [6.07, 6.45) is 10.7. The summed E-state index contributed by atoms with van der Waals surface area (Å²) in [7, 11) is 0. The first-order valence-electron chi connectivity index (χ1n) is 6.89. The lowest BCUT2D eigenvalue weighted by Crippen LogP contribution is -2.53. The highest BCUT2D eigenvalue weighted by atomic mass is 16.2. The molecule has 0 bridgehead atoms. The molecule has 104 valence electrons. The second-order valence-corrected chi connectivity index (χ2v) is 5.19. The molecular weight excluding hydrogens is 234 g/mol. The van der Waals surface area contributed by atoms with Gasteiger partial charge in [-0.1, -0.05) is 24.3 Å². The van der Waals surface area contributed by atoms with Gasteiger partial charge in [-0.15, -0.1) is 26.3 Å². The number of hydrogen-bond acceptors (Lipinski definition) is 1. The number of amides is 1. The zero-order chi connectivity index (χ0) is 14.3. The van der Waals surface area contributed by atoms with Gasteiger partial charge < -0.3 is 4.90 Å². The highest BCUT2D eigenvalue weighted by Crippen LogP contribution is 2.45. The average Bonchev–Trinajstić information content (AvgIpc) is 2.39. The van der Waals surface area contributed by atoms with Crippen LogP contribution in [-0.4, -0.2) is 23.9 Å². The highest BCUT2D eigenvalue weighted by molar-refractivity contribution is 5.84. The molecule has 1 heterocycles. The van der Waals surface area contributed by atoms with Gasteiger partial charge in [0.25, 0.3) is 0 Å². The van der Waals surface area contributed by atoms with E-state index in [0.29, 0.717) is 25.3 Å². The Bertz CT molecular complexity index is 359. The van der Waals surface area contributed by atoms with Crippen molar-refractivity contribution < 1.29 is 4.79 Å². The third-order valence-electron chi connectivity index (χ3n) is 4.06. The molecule has 0 radical (unpaired) electrons. The number of allylic oxidation sites excluding steroid dienone is 3. The second kappa shape index (κ2) is 7.13. The number of piperidine rings is 1. The molecule has 2 heteroatoms. The Hall–Kier alpha value is -1.57. The van der Waals surface area contributed by atoms with Crippen molar-refractivity contribution in [2.45, 2.75) is 25.7 Å². The maximum absolute atomic E-state index is 12.9. The fourth-order valence-electron chi connectivity index (χ4n) is 3.16. The average molecular weight is 259 g/mol. The van der Waals surface area contributed by atoms with E-state index in [-0.39, 0.29) is 11.3 Å². The Morgan fingerprint density at radius 1 is 1.11 bits per heavy atom. The quantitative estimate of drug-likeness (QED) is 0.608. The van der Waals surface area contributed by atoms with Gasteiger partial charge >= 0.3 is 0 Å². The Morgan fingerprint density at radius 3 is 2.21 bits per heavy atom. The van der Waals surface area contributed by atoms with Gasteiger partial charge in [-0.2, -0.15) is 0 Å². The van der Waals surface area contributed by atoms with E-state index in [0.717, 1.165) is 19.4 Å². The number of likely N-dealkylation sites (tertiary alicyclic amines) is 1. The maximum atomic E-state index is 12.9. The number of hydrogen-bond donors (Lipinski definition) is 0. The van der Waals surface area contributed by atoms with E-state index in [1.807, 2.05) is 23.1 Å². The molecule has 0 aromatic heterocycles.